The summed E-state index contributed by atoms with van der Waals surface area (Å²) in [5, 5.41) is 12.6. The number of rotatable bonds is 4. The highest BCUT2D eigenvalue weighted by Gasteiger charge is 2.27. The molecule has 1 heterocycles. The molecule has 0 radical (unpaired) electrons. The Hall–Kier alpha value is -1.37. The molecule has 0 unspecified atom stereocenters. The first-order valence-electron chi connectivity index (χ1n) is 6.90. The highest BCUT2D eigenvalue weighted by molar-refractivity contribution is 4.98. The lowest BCUT2D eigenvalue weighted by molar-refractivity contribution is 0.251. The van der Waals surface area contributed by atoms with Crippen molar-refractivity contribution in [2.45, 2.75) is 58.3 Å². The zero-order chi connectivity index (χ0) is 13.0. The Kier molecular flexibility index (Phi) is 4.35. The highest BCUT2D eigenvalue weighted by atomic mass is 16.5. The maximum Gasteiger partial charge on any atom is 0.227 e. The van der Waals surface area contributed by atoms with Crippen LogP contribution < -0.4 is 0 Å². The summed E-state index contributed by atoms with van der Waals surface area (Å²) in [6.45, 7) is 4.61. The summed E-state index contributed by atoms with van der Waals surface area (Å²) in [5.74, 6) is 3.55. The van der Waals surface area contributed by atoms with E-state index in [0.717, 1.165) is 17.7 Å². The van der Waals surface area contributed by atoms with Crippen LogP contribution in [0.5, 0.6) is 0 Å². The fourth-order valence-corrected chi connectivity index (χ4v) is 2.74. The van der Waals surface area contributed by atoms with Crippen molar-refractivity contribution in [1.29, 1.82) is 5.26 Å². The van der Waals surface area contributed by atoms with Crippen molar-refractivity contribution in [3.8, 4) is 6.07 Å². The van der Waals surface area contributed by atoms with E-state index in [4.69, 9.17) is 9.78 Å². The first-order chi connectivity index (χ1) is 8.70. The molecule has 4 nitrogen and oxygen atoms in total. The summed E-state index contributed by atoms with van der Waals surface area (Å²) in [6, 6.07) is 2.10. The van der Waals surface area contributed by atoms with Gasteiger partial charge in [-0.3, -0.25) is 0 Å². The lowest BCUT2D eigenvalue weighted by Crippen LogP contribution is -2.18. The molecule has 0 aromatic carbocycles. The van der Waals surface area contributed by atoms with E-state index < -0.39 is 0 Å². The Bertz CT molecular complexity index is 411. The van der Waals surface area contributed by atoms with Crippen LogP contribution in [0.1, 0.15) is 63.6 Å². The van der Waals surface area contributed by atoms with Crippen LogP contribution in [0.3, 0.4) is 0 Å². The van der Waals surface area contributed by atoms with Crippen LogP contribution in [0.4, 0.5) is 0 Å². The van der Waals surface area contributed by atoms with E-state index in [1.54, 1.807) is 0 Å². The summed E-state index contributed by atoms with van der Waals surface area (Å²) in [4.78, 5) is 4.41. The number of aromatic nitrogens is 2. The first-order valence-corrected chi connectivity index (χ1v) is 6.90. The van der Waals surface area contributed by atoms with Crippen LogP contribution in [0.15, 0.2) is 4.52 Å². The van der Waals surface area contributed by atoms with E-state index in [9.17, 15) is 0 Å². The molecule has 4 heteroatoms. The van der Waals surface area contributed by atoms with E-state index >= 15 is 0 Å². The van der Waals surface area contributed by atoms with Crippen LogP contribution in [-0.4, -0.2) is 10.1 Å². The molecule has 18 heavy (non-hydrogen) atoms. The molecule has 98 valence electrons. The van der Waals surface area contributed by atoms with Gasteiger partial charge >= 0.3 is 0 Å². The van der Waals surface area contributed by atoms with Crippen LogP contribution in [-0.2, 0) is 6.42 Å². The molecule has 1 aromatic heterocycles. The number of aryl methyl sites for hydroxylation is 1. The topological polar surface area (TPSA) is 62.7 Å². The Morgan fingerprint density at radius 2 is 2.06 bits per heavy atom. The summed E-state index contributed by atoms with van der Waals surface area (Å²) in [6.07, 6.45) is 5.89. The molecule has 0 atom stereocenters. The standard InChI is InChI=1S/C14H21N3O/c1-10(2)11-5-7-12(8-6-11)14-16-13(18-17-14)4-3-9-15/h10-12H,3-8H2,1-2H3. The second-order valence-corrected chi connectivity index (χ2v) is 5.56. The van der Waals surface area contributed by atoms with Gasteiger partial charge in [-0.15, -0.1) is 0 Å². The molecule has 0 spiro atoms. The van der Waals surface area contributed by atoms with E-state index in [1.165, 1.54) is 25.7 Å². The second-order valence-electron chi connectivity index (χ2n) is 5.56. The van der Waals surface area contributed by atoms with Gasteiger partial charge in [0.2, 0.25) is 5.89 Å². The van der Waals surface area contributed by atoms with Crippen molar-refractivity contribution in [2.75, 3.05) is 0 Å². The summed E-state index contributed by atoms with van der Waals surface area (Å²) in [5.41, 5.74) is 0. The summed E-state index contributed by atoms with van der Waals surface area (Å²) in [7, 11) is 0. The van der Waals surface area contributed by atoms with Crippen molar-refractivity contribution in [3.63, 3.8) is 0 Å². The fourth-order valence-electron chi connectivity index (χ4n) is 2.74. The number of nitrogens with zero attached hydrogens (tertiary/aromatic N) is 3. The molecule has 0 aliphatic heterocycles. The quantitative estimate of drug-likeness (QED) is 0.817. The SMILES string of the molecule is CC(C)C1CCC(c2noc(CCC#N)n2)CC1. The van der Waals surface area contributed by atoms with Crippen LogP contribution in [0.25, 0.3) is 0 Å². The average Bonchev–Trinajstić information content (AvgIpc) is 2.85. The maximum absolute atomic E-state index is 8.52. The molecule has 1 aliphatic carbocycles. The highest BCUT2D eigenvalue weighted by Crippen LogP contribution is 2.37. The minimum Gasteiger partial charge on any atom is -0.339 e. The average molecular weight is 247 g/mol. The molecule has 1 aromatic rings. The van der Waals surface area contributed by atoms with Gasteiger partial charge in [-0.25, -0.2) is 0 Å². The van der Waals surface area contributed by atoms with Crippen LogP contribution >= 0.6 is 0 Å². The van der Waals surface area contributed by atoms with Crippen molar-refractivity contribution in [1.82, 2.24) is 10.1 Å². The molecule has 0 N–H and O–H groups in total. The van der Waals surface area contributed by atoms with E-state index in [1.807, 2.05) is 0 Å². The van der Waals surface area contributed by atoms with Gasteiger partial charge in [0.05, 0.1) is 6.07 Å². The lowest BCUT2D eigenvalue weighted by atomic mass is 9.77. The normalized spacial score (nSPS) is 24.1. The zero-order valence-corrected chi connectivity index (χ0v) is 11.2. The molecule has 1 fully saturated rings. The minimum absolute atomic E-state index is 0.446. The first kappa shape index (κ1) is 13.1. The lowest BCUT2D eigenvalue weighted by Gasteiger charge is -2.29. The third kappa shape index (κ3) is 3.10. The Labute approximate surface area is 108 Å². The monoisotopic (exact) mass is 247 g/mol. The molecular formula is C14H21N3O. The zero-order valence-electron chi connectivity index (χ0n) is 11.2. The number of hydrogen-bond donors (Lipinski definition) is 0. The maximum atomic E-state index is 8.52. The minimum atomic E-state index is 0.446. The van der Waals surface area contributed by atoms with Crippen molar-refractivity contribution in [2.24, 2.45) is 11.8 Å². The predicted octanol–water partition coefficient (Wildman–Crippen LogP) is 3.46. The van der Waals surface area contributed by atoms with E-state index in [-0.39, 0.29) is 0 Å². The predicted molar refractivity (Wildman–Crippen MR) is 67.8 cm³/mol. The van der Waals surface area contributed by atoms with Gasteiger partial charge in [0, 0.05) is 18.8 Å². The van der Waals surface area contributed by atoms with Gasteiger partial charge in [-0.1, -0.05) is 19.0 Å². The molecule has 0 bridgehead atoms. The summed E-state index contributed by atoms with van der Waals surface area (Å²) >= 11 is 0. The van der Waals surface area contributed by atoms with Crippen molar-refractivity contribution < 1.29 is 4.52 Å². The van der Waals surface area contributed by atoms with Crippen LogP contribution in [0.2, 0.25) is 0 Å². The third-order valence-electron chi connectivity index (χ3n) is 4.01. The smallest absolute Gasteiger partial charge is 0.227 e. The van der Waals surface area contributed by atoms with Gasteiger partial charge in [0.15, 0.2) is 5.82 Å². The molecule has 1 saturated carbocycles. The molecule has 0 amide bonds. The summed E-state index contributed by atoms with van der Waals surface area (Å²) < 4.78 is 5.18. The second kappa shape index (κ2) is 5.99. The fraction of sp³-hybridized carbons (Fsp3) is 0.786. The van der Waals surface area contributed by atoms with Gasteiger partial charge in [0.1, 0.15) is 0 Å². The molecular weight excluding hydrogens is 226 g/mol. The Morgan fingerprint density at radius 1 is 1.33 bits per heavy atom. The Morgan fingerprint density at radius 3 is 2.67 bits per heavy atom. The van der Waals surface area contributed by atoms with Gasteiger partial charge in [-0.2, -0.15) is 10.2 Å². The Balaban J connectivity index is 1.89. The van der Waals surface area contributed by atoms with E-state index in [0.29, 0.717) is 24.7 Å². The van der Waals surface area contributed by atoms with Crippen LogP contribution in [0, 0.1) is 23.2 Å². The number of nitriles is 1. The third-order valence-corrected chi connectivity index (χ3v) is 4.01. The largest absolute Gasteiger partial charge is 0.339 e. The molecule has 0 saturated heterocycles. The van der Waals surface area contributed by atoms with Gasteiger partial charge in [0.25, 0.3) is 0 Å². The van der Waals surface area contributed by atoms with Gasteiger partial charge < -0.3 is 4.52 Å². The number of hydrogen-bond acceptors (Lipinski definition) is 4. The molecule has 1 aliphatic rings. The van der Waals surface area contributed by atoms with Crippen molar-refractivity contribution >= 4 is 0 Å². The van der Waals surface area contributed by atoms with Crippen molar-refractivity contribution in [3.05, 3.63) is 11.7 Å². The van der Waals surface area contributed by atoms with Gasteiger partial charge in [-0.05, 0) is 37.5 Å². The molecule has 2 rings (SSSR count). The van der Waals surface area contributed by atoms with E-state index in [2.05, 4.69) is 30.1 Å².